The van der Waals surface area contributed by atoms with E-state index in [1.165, 1.54) is 36.0 Å². The average molecular weight is 531 g/mol. The van der Waals surface area contributed by atoms with Gasteiger partial charge in [-0.25, -0.2) is 18.5 Å². The van der Waals surface area contributed by atoms with E-state index in [1.807, 2.05) is 0 Å². The van der Waals surface area contributed by atoms with Crippen molar-refractivity contribution in [1.29, 1.82) is 0 Å². The third kappa shape index (κ3) is 6.45. The standard InChI is InChI=1S/C25H28F2N6O3S/c1-14-3-6-20(19(26)11-14)31-23-18(24(35)30-17-4-5-17)13-16(25(36)33(23)2)12-15-7-8-28-22(21(15)27)32-37-29-9-10-34/h3,6-8,11,13,17,29,31,34H,4-5,9-10,12H2,1-2H3,(H,28,32)(H,30,35). The monoisotopic (exact) mass is 530 g/mol. The molecule has 196 valence electrons. The zero-order valence-electron chi connectivity index (χ0n) is 20.4. The van der Waals surface area contributed by atoms with Gasteiger partial charge in [-0.1, -0.05) is 6.07 Å². The molecule has 1 aliphatic carbocycles. The number of hydrogen-bond donors (Lipinski definition) is 5. The second kappa shape index (κ2) is 11.7. The van der Waals surface area contributed by atoms with Crippen LogP contribution in [0.15, 0.2) is 41.3 Å². The molecule has 0 atom stereocenters. The number of nitrogens with zero attached hydrogens (tertiary/aromatic N) is 2. The number of nitrogens with one attached hydrogen (secondary N) is 4. The molecule has 1 saturated carbocycles. The van der Waals surface area contributed by atoms with Crippen LogP contribution in [0, 0.1) is 18.6 Å². The summed E-state index contributed by atoms with van der Waals surface area (Å²) in [4.78, 5) is 30.4. The fourth-order valence-electron chi connectivity index (χ4n) is 3.67. The predicted octanol–water partition coefficient (Wildman–Crippen LogP) is 3.15. The highest BCUT2D eigenvalue weighted by Crippen LogP contribution is 2.27. The summed E-state index contributed by atoms with van der Waals surface area (Å²) in [5.74, 6) is -1.47. The van der Waals surface area contributed by atoms with Gasteiger partial charge in [0, 0.05) is 49.9 Å². The SMILES string of the molecule is Cc1ccc(Nc2c(C(=O)NC3CC3)cc(Cc3ccnc(NSNCCO)c3F)c(=O)n2C)c(F)c1. The largest absolute Gasteiger partial charge is 0.395 e. The maximum Gasteiger partial charge on any atom is 0.255 e. The number of aliphatic hydroxyl groups excluding tert-OH is 1. The molecule has 2 aromatic heterocycles. The van der Waals surface area contributed by atoms with Crippen LogP contribution in [-0.4, -0.2) is 39.8 Å². The average Bonchev–Trinajstić information content (AvgIpc) is 3.68. The van der Waals surface area contributed by atoms with Crippen molar-refractivity contribution in [3.8, 4) is 0 Å². The number of hydrogen-bond acceptors (Lipinski definition) is 8. The van der Waals surface area contributed by atoms with E-state index in [-0.39, 0.29) is 53.1 Å². The molecule has 0 radical (unpaired) electrons. The van der Waals surface area contributed by atoms with Crippen LogP contribution in [0.1, 0.15) is 39.9 Å². The van der Waals surface area contributed by atoms with Crippen LogP contribution in [0.4, 0.5) is 26.1 Å². The van der Waals surface area contributed by atoms with Gasteiger partial charge in [-0.15, -0.1) is 0 Å². The van der Waals surface area contributed by atoms with Crippen molar-refractivity contribution < 1.29 is 18.7 Å². The molecule has 3 aromatic rings. The Balaban J connectivity index is 1.68. The van der Waals surface area contributed by atoms with E-state index in [9.17, 15) is 14.0 Å². The van der Waals surface area contributed by atoms with E-state index in [1.54, 1.807) is 19.1 Å². The Hall–Kier alpha value is -3.48. The normalized spacial score (nSPS) is 12.9. The maximum atomic E-state index is 15.1. The molecule has 0 unspecified atom stereocenters. The molecule has 0 bridgehead atoms. The van der Waals surface area contributed by atoms with Gasteiger partial charge in [-0.2, -0.15) is 0 Å². The summed E-state index contributed by atoms with van der Waals surface area (Å²) in [6, 6.07) is 7.56. The van der Waals surface area contributed by atoms with Crippen LogP contribution in [0.2, 0.25) is 0 Å². The number of pyridine rings is 2. The fourth-order valence-corrected chi connectivity index (χ4v) is 4.17. The number of aliphatic hydroxyl groups is 1. The molecule has 1 amide bonds. The molecule has 0 saturated heterocycles. The van der Waals surface area contributed by atoms with Crippen LogP contribution in [-0.2, 0) is 13.5 Å². The summed E-state index contributed by atoms with van der Waals surface area (Å²) in [6.45, 7) is 1.98. The molecule has 1 aromatic carbocycles. The highest BCUT2D eigenvalue weighted by atomic mass is 32.2. The van der Waals surface area contributed by atoms with Gasteiger partial charge in [0.05, 0.1) is 17.9 Å². The third-order valence-electron chi connectivity index (χ3n) is 5.81. The van der Waals surface area contributed by atoms with Crippen molar-refractivity contribution in [1.82, 2.24) is 19.6 Å². The Kier molecular flexibility index (Phi) is 8.41. The number of halogens is 2. The molecule has 0 spiro atoms. The zero-order valence-corrected chi connectivity index (χ0v) is 21.2. The first-order valence-corrected chi connectivity index (χ1v) is 12.6. The fraction of sp³-hybridized carbons (Fsp3) is 0.320. The Morgan fingerprint density at radius 1 is 1.22 bits per heavy atom. The zero-order chi connectivity index (χ0) is 26.5. The first-order valence-electron chi connectivity index (χ1n) is 11.7. The van der Waals surface area contributed by atoms with E-state index in [4.69, 9.17) is 5.11 Å². The number of benzene rings is 1. The first-order chi connectivity index (χ1) is 17.8. The van der Waals surface area contributed by atoms with Crippen molar-refractivity contribution in [3.05, 3.63) is 80.8 Å². The molecule has 1 aliphatic rings. The summed E-state index contributed by atoms with van der Waals surface area (Å²) in [5, 5.41) is 14.6. The van der Waals surface area contributed by atoms with Gasteiger partial charge in [-0.05, 0) is 55.2 Å². The number of aryl methyl sites for hydroxylation is 1. The highest BCUT2D eigenvalue weighted by Gasteiger charge is 2.27. The lowest BCUT2D eigenvalue weighted by Crippen LogP contribution is -2.31. The van der Waals surface area contributed by atoms with Crippen molar-refractivity contribution in [3.63, 3.8) is 0 Å². The predicted molar refractivity (Wildman–Crippen MR) is 140 cm³/mol. The minimum Gasteiger partial charge on any atom is -0.395 e. The van der Waals surface area contributed by atoms with Gasteiger partial charge in [-0.3, -0.25) is 18.9 Å². The lowest BCUT2D eigenvalue weighted by molar-refractivity contribution is 0.0951. The smallest absolute Gasteiger partial charge is 0.255 e. The van der Waals surface area contributed by atoms with E-state index < -0.39 is 23.1 Å². The second-order valence-corrected chi connectivity index (χ2v) is 9.48. The lowest BCUT2D eigenvalue weighted by Gasteiger charge is -2.18. The molecule has 5 N–H and O–H groups in total. The van der Waals surface area contributed by atoms with E-state index in [0.29, 0.717) is 6.54 Å². The minimum atomic E-state index is -0.643. The van der Waals surface area contributed by atoms with Crippen LogP contribution in [0.3, 0.4) is 0 Å². The van der Waals surface area contributed by atoms with Gasteiger partial charge in [0.25, 0.3) is 11.5 Å². The summed E-state index contributed by atoms with van der Waals surface area (Å²) in [6.07, 6.45) is 3.05. The second-order valence-electron chi connectivity index (χ2n) is 8.78. The van der Waals surface area contributed by atoms with E-state index in [2.05, 4.69) is 25.1 Å². The van der Waals surface area contributed by atoms with Gasteiger partial charge in [0.2, 0.25) is 0 Å². The lowest BCUT2D eigenvalue weighted by atomic mass is 10.0. The molecule has 12 heteroatoms. The Labute approximate surface area is 217 Å². The summed E-state index contributed by atoms with van der Waals surface area (Å²) < 4.78 is 36.5. The number of aromatic nitrogens is 2. The molecular weight excluding hydrogens is 502 g/mol. The molecule has 1 fully saturated rings. The van der Waals surface area contributed by atoms with Crippen LogP contribution < -0.4 is 25.6 Å². The van der Waals surface area contributed by atoms with Gasteiger partial charge < -0.3 is 15.7 Å². The summed E-state index contributed by atoms with van der Waals surface area (Å²) in [5.41, 5.74) is 0.951. The van der Waals surface area contributed by atoms with E-state index >= 15 is 4.39 Å². The first kappa shape index (κ1) is 26.6. The molecule has 2 heterocycles. The molecule has 37 heavy (non-hydrogen) atoms. The van der Waals surface area contributed by atoms with Crippen molar-refractivity contribution >= 4 is 35.4 Å². The Morgan fingerprint density at radius 3 is 2.70 bits per heavy atom. The summed E-state index contributed by atoms with van der Waals surface area (Å²) >= 11 is 0.968. The van der Waals surface area contributed by atoms with Crippen molar-refractivity contribution in [2.75, 3.05) is 23.2 Å². The third-order valence-corrected chi connectivity index (χ3v) is 6.45. The number of amides is 1. The Bertz CT molecular complexity index is 1360. The quantitative estimate of drug-likeness (QED) is 0.190. The van der Waals surface area contributed by atoms with Gasteiger partial charge in [0.15, 0.2) is 11.6 Å². The number of rotatable bonds is 11. The number of carbonyl (C=O) groups excluding carboxylic acids is 1. The van der Waals surface area contributed by atoms with Gasteiger partial charge in [0.1, 0.15) is 11.6 Å². The molecule has 4 rings (SSSR count). The molecular formula is C25H28F2N6O3S. The highest BCUT2D eigenvalue weighted by molar-refractivity contribution is 7.98. The van der Waals surface area contributed by atoms with Crippen LogP contribution in [0.5, 0.6) is 0 Å². The van der Waals surface area contributed by atoms with Crippen LogP contribution in [0.25, 0.3) is 0 Å². The topological polar surface area (TPSA) is 120 Å². The van der Waals surface area contributed by atoms with Crippen LogP contribution >= 0.6 is 12.1 Å². The van der Waals surface area contributed by atoms with Gasteiger partial charge >= 0.3 is 0 Å². The minimum absolute atomic E-state index is 0.0374. The Morgan fingerprint density at radius 2 is 2.00 bits per heavy atom. The number of anilines is 3. The van der Waals surface area contributed by atoms with Crippen molar-refractivity contribution in [2.24, 2.45) is 7.05 Å². The maximum absolute atomic E-state index is 15.1. The number of carbonyl (C=O) groups is 1. The van der Waals surface area contributed by atoms with E-state index in [0.717, 1.165) is 30.5 Å². The summed E-state index contributed by atoms with van der Waals surface area (Å²) in [7, 11) is 1.48. The van der Waals surface area contributed by atoms with Crippen molar-refractivity contribution in [2.45, 2.75) is 32.2 Å². The molecule has 0 aliphatic heterocycles. The molecule has 9 nitrogen and oxygen atoms in total.